The Balaban J connectivity index is 1.45. The summed E-state index contributed by atoms with van der Waals surface area (Å²) in [5.41, 5.74) is 8.42. The number of rotatable bonds is 5. The van der Waals surface area contributed by atoms with Crippen molar-refractivity contribution in [1.82, 2.24) is 19.9 Å². The molecule has 8 heteroatoms. The first kappa shape index (κ1) is 19.5. The molecule has 8 nitrogen and oxygen atoms in total. The number of amides is 2. The van der Waals surface area contributed by atoms with Gasteiger partial charge in [-0.3, -0.25) is 4.79 Å². The molecule has 2 aromatic heterocycles. The number of anilines is 2. The van der Waals surface area contributed by atoms with Gasteiger partial charge >= 0.3 is 6.03 Å². The minimum Gasteiger partial charge on any atom is -0.383 e. The molecule has 1 aromatic carbocycles. The van der Waals surface area contributed by atoms with Crippen molar-refractivity contribution in [3.05, 3.63) is 47.9 Å². The largest absolute Gasteiger partial charge is 0.383 e. The summed E-state index contributed by atoms with van der Waals surface area (Å²) >= 11 is 0. The zero-order valence-electron chi connectivity index (χ0n) is 17.3. The predicted octanol–water partition coefficient (Wildman–Crippen LogP) is 4.03. The van der Waals surface area contributed by atoms with Crippen LogP contribution in [0.1, 0.15) is 66.9 Å². The van der Waals surface area contributed by atoms with Gasteiger partial charge in [0.2, 0.25) is 0 Å². The maximum atomic E-state index is 13.5. The van der Waals surface area contributed by atoms with Crippen LogP contribution in [0.25, 0.3) is 11.0 Å². The van der Waals surface area contributed by atoms with E-state index in [0.29, 0.717) is 39.7 Å². The van der Waals surface area contributed by atoms with Crippen LogP contribution in [0.3, 0.4) is 0 Å². The number of hydrogen-bond acceptors (Lipinski definition) is 5. The molecule has 0 saturated heterocycles. The van der Waals surface area contributed by atoms with Crippen molar-refractivity contribution in [2.45, 2.75) is 57.0 Å². The van der Waals surface area contributed by atoms with Crippen molar-refractivity contribution < 1.29 is 9.59 Å². The molecule has 4 N–H and O–H groups in total. The van der Waals surface area contributed by atoms with Crippen molar-refractivity contribution in [3.8, 4) is 0 Å². The van der Waals surface area contributed by atoms with E-state index in [0.717, 1.165) is 32.1 Å². The van der Waals surface area contributed by atoms with E-state index in [9.17, 15) is 9.59 Å². The van der Waals surface area contributed by atoms with Gasteiger partial charge in [0, 0.05) is 29.5 Å². The van der Waals surface area contributed by atoms with Crippen LogP contribution in [0.4, 0.5) is 16.3 Å². The summed E-state index contributed by atoms with van der Waals surface area (Å²) < 4.78 is 2.09. The van der Waals surface area contributed by atoms with Crippen LogP contribution >= 0.6 is 0 Å². The average Bonchev–Trinajstić information content (AvgIpc) is 3.39. The van der Waals surface area contributed by atoms with Crippen molar-refractivity contribution >= 4 is 34.4 Å². The number of ketones is 1. The lowest BCUT2D eigenvalue weighted by atomic mass is 9.93. The molecule has 0 radical (unpaired) electrons. The van der Waals surface area contributed by atoms with Gasteiger partial charge in [0.15, 0.2) is 5.78 Å². The van der Waals surface area contributed by atoms with Crippen LogP contribution in [-0.2, 0) is 0 Å². The van der Waals surface area contributed by atoms with Crippen molar-refractivity contribution in [3.63, 3.8) is 0 Å². The highest BCUT2D eigenvalue weighted by molar-refractivity contribution is 6.18. The fourth-order valence-electron chi connectivity index (χ4n) is 4.54. The molecule has 3 aromatic rings. The smallest absolute Gasteiger partial charge is 0.319 e. The average molecular weight is 419 g/mol. The Bertz CT molecular complexity index is 1140. The number of urea groups is 1. The monoisotopic (exact) mass is 418 g/mol. The fourth-order valence-corrected chi connectivity index (χ4v) is 4.54. The van der Waals surface area contributed by atoms with Gasteiger partial charge in [-0.1, -0.05) is 25.0 Å². The normalized spacial score (nSPS) is 16.9. The van der Waals surface area contributed by atoms with Crippen LogP contribution in [0.5, 0.6) is 0 Å². The number of hydrogen-bond donors (Lipinski definition) is 3. The van der Waals surface area contributed by atoms with Crippen LogP contribution < -0.4 is 16.4 Å². The number of carbonyl (C=O) groups excluding carboxylic acids is 2. The van der Waals surface area contributed by atoms with Gasteiger partial charge in [-0.05, 0) is 44.2 Å². The highest BCUT2D eigenvalue weighted by atomic mass is 16.2. The van der Waals surface area contributed by atoms with Gasteiger partial charge in [0.05, 0.1) is 10.9 Å². The van der Waals surface area contributed by atoms with Gasteiger partial charge in [0.25, 0.3) is 0 Å². The van der Waals surface area contributed by atoms with E-state index in [1.54, 1.807) is 24.3 Å². The molecule has 2 saturated carbocycles. The molecule has 0 aliphatic heterocycles. The maximum absolute atomic E-state index is 13.5. The second kappa shape index (κ2) is 8.02. The van der Waals surface area contributed by atoms with E-state index >= 15 is 0 Å². The lowest BCUT2D eigenvalue weighted by Gasteiger charge is -2.26. The quantitative estimate of drug-likeness (QED) is 0.541. The summed E-state index contributed by atoms with van der Waals surface area (Å²) in [6, 6.07) is 7.30. The highest BCUT2D eigenvalue weighted by Crippen LogP contribution is 2.35. The molecule has 0 atom stereocenters. The minimum absolute atomic E-state index is 0.161. The lowest BCUT2D eigenvalue weighted by molar-refractivity contribution is 0.104. The third-order valence-corrected chi connectivity index (χ3v) is 6.42. The maximum Gasteiger partial charge on any atom is 0.319 e. The molecule has 0 spiro atoms. The van der Waals surface area contributed by atoms with E-state index in [2.05, 4.69) is 25.2 Å². The molecule has 5 rings (SSSR count). The Kier molecular flexibility index (Phi) is 5.05. The topological polar surface area (TPSA) is 115 Å². The number of carbonyl (C=O) groups is 2. The highest BCUT2D eigenvalue weighted by Gasteiger charge is 2.26. The Labute approximate surface area is 180 Å². The summed E-state index contributed by atoms with van der Waals surface area (Å²) in [6.07, 6.45) is 11.0. The molecule has 31 heavy (non-hydrogen) atoms. The van der Waals surface area contributed by atoms with E-state index in [-0.39, 0.29) is 17.9 Å². The molecule has 2 fully saturated rings. The number of nitrogens with one attached hydrogen (secondary N) is 2. The van der Waals surface area contributed by atoms with Crippen molar-refractivity contribution in [2.24, 2.45) is 0 Å². The van der Waals surface area contributed by atoms with Gasteiger partial charge in [-0.15, -0.1) is 0 Å². The first-order chi connectivity index (χ1) is 15.1. The number of fused-ring (bicyclic) bond motifs is 1. The van der Waals surface area contributed by atoms with E-state index in [4.69, 9.17) is 5.73 Å². The summed E-state index contributed by atoms with van der Waals surface area (Å²) in [6.45, 7) is 0. The minimum atomic E-state index is -0.246. The first-order valence-electron chi connectivity index (χ1n) is 10.9. The van der Waals surface area contributed by atoms with Gasteiger partial charge in [-0.2, -0.15) is 0 Å². The van der Waals surface area contributed by atoms with Gasteiger partial charge in [-0.25, -0.2) is 14.8 Å². The summed E-state index contributed by atoms with van der Waals surface area (Å²) in [5.74, 6) is 0.144. The second-order valence-electron chi connectivity index (χ2n) is 8.48. The fraction of sp³-hybridized carbons (Fsp3) is 0.391. The molecule has 2 aliphatic rings. The van der Waals surface area contributed by atoms with Crippen LogP contribution in [-0.4, -0.2) is 32.4 Å². The third kappa shape index (κ3) is 3.73. The number of aromatic nitrogens is 3. The molecule has 2 aliphatic carbocycles. The number of nitrogen functional groups attached to an aromatic ring is 1. The zero-order valence-corrected chi connectivity index (χ0v) is 17.3. The number of nitrogens with zero attached hydrogens (tertiary/aromatic N) is 3. The SMILES string of the molecule is Nc1ncnc2c1c(C(=O)c1cccc(NC(=O)NC3CCC3)c1)cn2C1CCCC1. The summed E-state index contributed by atoms with van der Waals surface area (Å²) in [5, 5.41) is 6.37. The Morgan fingerprint density at radius 1 is 1.06 bits per heavy atom. The Morgan fingerprint density at radius 3 is 2.61 bits per heavy atom. The van der Waals surface area contributed by atoms with E-state index in [1.165, 1.54) is 19.2 Å². The van der Waals surface area contributed by atoms with Crippen LogP contribution in [0.15, 0.2) is 36.8 Å². The lowest BCUT2D eigenvalue weighted by Crippen LogP contribution is -2.41. The molecule has 160 valence electrons. The number of benzene rings is 1. The molecular weight excluding hydrogens is 392 g/mol. The first-order valence-corrected chi connectivity index (χ1v) is 10.9. The summed E-state index contributed by atoms with van der Waals surface area (Å²) in [7, 11) is 0. The molecular formula is C23H26N6O2. The molecule has 2 heterocycles. The summed E-state index contributed by atoms with van der Waals surface area (Å²) in [4.78, 5) is 34.2. The molecule has 0 bridgehead atoms. The van der Waals surface area contributed by atoms with E-state index < -0.39 is 0 Å². The van der Waals surface area contributed by atoms with Gasteiger partial charge < -0.3 is 20.9 Å². The predicted molar refractivity (Wildman–Crippen MR) is 119 cm³/mol. The standard InChI is InChI=1S/C23H26N6O2/c24-21-19-18(12-29(17-9-1-2-10-17)22(19)26-13-25-21)20(30)14-5-3-8-16(11-14)28-23(31)27-15-6-4-7-15/h3,5,8,11-13,15,17H,1-2,4,6-7,9-10H2,(H2,24,25,26)(H2,27,28,31). The second-order valence-corrected chi connectivity index (χ2v) is 8.48. The van der Waals surface area contributed by atoms with Crippen LogP contribution in [0.2, 0.25) is 0 Å². The number of nitrogens with two attached hydrogens (primary N) is 1. The molecule has 2 amide bonds. The Morgan fingerprint density at radius 2 is 1.87 bits per heavy atom. The van der Waals surface area contributed by atoms with Crippen molar-refractivity contribution in [2.75, 3.05) is 11.1 Å². The van der Waals surface area contributed by atoms with E-state index in [1.807, 2.05) is 6.20 Å². The van der Waals surface area contributed by atoms with Gasteiger partial charge in [0.1, 0.15) is 17.8 Å². The Hall–Kier alpha value is -3.42. The van der Waals surface area contributed by atoms with Crippen molar-refractivity contribution in [1.29, 1.82) is 0 Å². The molecule has 0 unspecified atom stereocenters. The third-order valence-electron chi connectivity index (χ3n) is 6.42. The zero-order chi connectivity index (χ0) is 21.4. The van der Waals surface area contributed by atoms with Crippen LogP contribution in [0, 0.1) is 0 Å².